The highest BCUT2D eigenvalue weighted by molar-refractivity contribution is 5.95. The number of likely N-dealkylation sites (tertiary alicyclic amines) is 1. The van der Waals surface area contributed by atoms with Crippen LogP contribution < -0.4 is 15.4 Å². The number of ether oxygens (including phenoxy) is 1. The second-order valence-corrected chi connectivity index (χ2v) is 9.54. The van der Waals surface area contributed by atoms with Gasteiger partial charge < -0.3 is 24.8 Å². The van der Waals surface area contributed by atoms with Crippen LogP contribution in [0.25, 0.3) is 11.2 Å². The van der Waals surface area contributed by atoms with Gasteiger partial charge in [0.15, 0.2) is 5.65 Å². The topological polar surface area (TPSA) is 97.2 Å². The SMILES string of the molecule is COc1cc(C(=O)NCCCCN2CCCC2)ccc1Nc1ncc2ncn(C3CCCC3)c2n1. The molecule has 0 spiro atoms. The van der Waals surface area contributed by atoms with Crippen molar-refractivity contribution in [2.75, 3.05) is 38.6 Å². The fourth-order valence-corrected chi connectivity index (χ4v) is 5.16. The molecular formula is C26H35N7O2. The van der Waals surface area contributed by atoms with Gasteiger partial charge >= 0.3 is 0 Å². The number of nitrogens with zero attached hydrogens (tertiary/aromatic N) is 5. The maximum atomic E-state index is 12.7. The number of hydrogen-bond donors (Lipinski definition) is 2. The van der Waals surface area contributed by atoms with Gasteiger partial charge in [-0.3, -0.25) is 4.79 Å². The minimum Gasteiger partial charge on any atom is -0.495 e. The molecule has 2 aromatic heterocycles. The van der Waals surface area contributed by atoms with Crippen LogP contribution in [0.4, 0.5) is 11.6 Å². The number of aromatic nitrogens is 4. The molecule has 2 fully saturated rings. The van der Waals surface area contributed by atoms with Gasteiger partial charge in [0, 0.05) is 18.2 Å². The van der Waals surface area contributed by atoms with E-state index >= 15 is 0 Å². The number of carbonyl (C=O) groups excluding carboxylic acids is 1. The zero-order valence-corrected chi connectivity index (χ0v) is 20.5. The molecule has 1 aromatic carbocycles. The Morgan fingerprint density at radius 2 is 1.94 bits per heavy atom. The van der Waals surface area contributed by atoms with E-state index < -0.39 is 0 Å². The molecule has 9 heteroatoms. The van der Waals surface area contributed by atoms with Gasteiger partial charge in [-0.1, -0.05) is 12.8 Å². The first kappa shape index (κ1) is 23.5. The summed E-state index contributed by atoms with van der Waals surface area (Å²) in [5, 5.41) is 6.28. The van der Waals surface area contributed by atoms with Crippen LogP contribution in [0.5, 0.6) is 5.75 Å². The molecule has 186 valence electrons. The number of imidazole rings is 1. The molecular weight excluding hydrogens is 442 g/mol. The van der Waals surface area contributed by atoms with Crippen molar-refractivity contribution in [3.8, 4) is 5.75 Å². The minimum atomic E-state index is -0.0887. The summed E-state index contributed by atoms with van der Waals surface area (Å²) in [5.74, 6) is 0.958. The number of methoxy groups -OCH3 is 1. The van der Waals surface area contributed by atoms with Crippen LogP contribution in [0.3, 0.4) is 0 Å². The van der Waals surface area contributed by atoms with E-state index in [-0.39, 0.29) is 5.91 Å². The van der Waals surface area contributed by atoms with Gasteiger partial charge in [0.05, 0.1) is 25.3 Å². The van der Waals surface area contributed by atoms with Crippen LogP contribution >= 0.6 is 0 Å². The molecule has 0 unspecified atom stereocenters. The summed E-state index contributed by atoms with van der Waals surface area (Å²) in [6.45, 7) is 4.24. The Hall–Kier alpha value is -3.20. The van der Waals surface area contributed by atoms with Crippen molar-refractivity contribution in [3.63, 3.8) is 0 Å². The lowest BCUT2D eigenvalue weighted by Gasteiger charge is -2.14. The third-order valence-corrected chi connectivity index (χ3v) is 7.13. The van der Waals surface area contributed by atoms with Crippen molar-refractivity contribution in [1.29, 1.82) is 0 Å². The quantitative estimate of drug-likeness (QED) is 0.420. The van der Waals surface area contributed by atoms with E-state index in [1.807, 2.05) is 12.4 Å². The Balaban J connectivity index is 1.20. The molecule has 2 aliphatic rings. The third kappa shape index (κ3) is 5.56. The summed E-state index contributed by atoms with van der Waals surface area (Å²) in [5.41, 5.74) is 2.92. The van der Waals surface area contributed by atoms with Crippen LogP contribution in [0.2, 0.25) is 0 Å². The first-order valence-electron chi connectivity index (χ1n) is 12.9. The monoisotopic (exact) mass is 477 g/mol. The van der Waals surface area contributed by atoms with E-state index in [0.717, 1.165) is 43.4 Å². The number of unbranched alkanes of at least 4 members (excludes halogenated alkanes) is 1. The fourth-order valence-electron chi connectivity index (χ4n) is 5.16. The Kier molecular flexibility index (Phi) is 7.42. The molecule has 1 saturated carbocycles. The first-order valence-corrected chi connectivity index (χ1v) is 12.9. The molecule has 3 heterocycles. The largest absolute Gasteiger partial charge is 0.495 e. The van der Waals surface area contributed by atoms with Gasteiger partial charge in [-0.2, -0.15) is 4.98 Å². The zero-order chi connectivity index (χ0) is 24.0. The van der Waals surface area contributed by atoms with Gasteiger partial charge in [0.2, 0.25) is 5.95 Å². The molecule has 35 heavy (non-hydrogen) atoms. The first-order chi connectivity index (χ1) is 17.2. The third-order valence-electron chi connectivity index (χ3n) is 7.13. The summed E-state index contributed by atoms with van der Waals surface area (Å²) in [6.07, 6.45) is 13.2. The van der Waals surface area contributed by atoms with Gasteiger partial charge in [0.1, 0.15) is 11.3 Å². The van der Waals surface area contributed by atoms with E-state index in [9.17, 15) is 4.79 Å². The van der Waals surface area contributed by atoms with Crippen molar-refractivity contribution >= 4 is 28.7 Å². The number of rotatable bonds is 10. The molecule has 1 aliphatic heterocycles. The van der Waals surface area contributed by atoms with Crippen molar-refractivity contribution < 1.29 is 9.53 Å². The predicted octanol–water partition coefficient (Wildman–Crippen LogP) is 4.30. The number of anilines is 2. The molecule has 9 nitrogen and oxygen atoms in total. The summed E-state index contributed by atoms with van der Waals surface area (Å²) < 4.78 is 7.74. The van der Waals surface area contributed by atoms with Crippen LogP contribution in [0, 0.1) is 0 Å². The fraction of sp³-hybridized carbons (Fsp3) is 0.538. The molecule has 1 aliphatic carbocycles. The lowest BCUT2D eigenvalue weighted by molar-refractivity contribution is 0.0952. The normalized spacial score (nSPS) is 16.7. The number of carbonyl (C=O) groups is 1. The molecule has 0 bridgehead atoms. The van der Waals surface area contributed by atoms with Crippen LogP contribution in [-0.4, -0.2) is 63.6 Å². The number of nitrogens with one attached hydrogen (secondary N) is 2. The molecule has 3 aromatic rings. The van der Waals surface area contributed by atoms with E-state index in [2.05, 4.69) is 30.1 Å². The van der Waals surface area contributed by atoms with Gasteiger partial charge in [-0.25, -0.2) is 9.97 Å². The maximum absolute atomic E-state index is 12.7. The van der Waals surface area contributed by atoms with Crippen molar-refractivity contribution in [2.24, 2.45) is 0 Å². The summed E-state index contributed by atoms with van der Waals surface area (Å²) in [4.78, 5) is 28.8. The maximum Gasteiger partial charge on any atom is 0.251 e. The van der Waals surface area contributed by atoms with Crippen molar-refractivity contribution in [3.05, 3.63) is 36.3 Å². The Bertz CT molecular complexity index is 1150. The Labute approximate surface area is 206 Å². The average Bonchev–Trinajstić information content (AvgIpc) is 3.65. The van der Waals surface area contributed by atoms with E-state index in [1.54, 1.807) is 25.4 Å². The van der Waals surface area contributed by atoms with E-state index in [4.69, 9.17) is 9.72 Å². The van der Waals surface area contributed by atoms with Gasteiger partial charge in [-0.15, -0.1) is 0 Å². The Morgan fingerprint density at radius 3 is 2.74 bits per heavy atom. The van der Waals surface area contributed by atoms with Gasteiger partial charge in [-0.05, 0) is 76.4 Å². The molecule has 0 radical (unpaired) electrons. The van der Waals surface area contributed by atoms with Crippen LogP contribution in [-0.2, 0) is 0 Å². The number of amides is 1. The molecule has 5 rings (SSSR count). The van der Waals surface area contributed by atoms with Crippen LogP contribution in [0.1, 0.15) is 67.8 Å². The second kappa shape index (κ2) is 11.0. The highest BCUT2D eigenvalue weighted by Gasteiger charge is 2.20. The molecule has 2 N–H and O–H groups in total. The Morgan fingerprint density at radius 1 is 1.11 bits per heavy atom. The number of hydrogen-bond acceptors (Lipinski definition) is 7. The second-order valence-electron chi connectivity index (χ2n) is 9.54. The number of fused-ring (bicyclic) bond motifs is 1. The smallest absolute Gasteiger partial charge is 0.251 e. The van der Waals surface area contributed by atoms with E-state index in [0.29, 0.717) is 35.5 Å². The summed E-state index contributed by atoms with van der Waals surface area (Å²) in [6, 6.07) is 5.84. The minimum absolute atomic E-state index is 0.0887. The van der Waals surface area contributed by atoms with Gasteiger partial charge in [0.25, 0.3) is 5.91 Å². The average molecular weight is 478 g/mol. The zero-order valence-electron chi connectivity index (χ0n) is 20.5. The highest BCUT2D eigenvalue weighted by Crippen LogP contribution is 2.32. The molecule has 0 atom stereocenters. The lowest BCUT2D eigenvalue weighted by atomic mass is 10.1. The highest BCUT2D eigenvalue weighted by atomic mass is 16.5. The standard InChI is InChI=1S/C26H35N7O2/c1-35-23-16-19(25(34)27-12-4-5-13-32-14-6-7-15-32)10-11-21(23)30-26-28-17-22-24(31-26)33(18-29-22)20-8-2-3-9-20/h10-11,16-18,20H,2-9,12-15H2,1H3,(H,27,34)(H,28,30,31). The van der Waals surface area contributed by atoms with Crippen molar-refractivity contribution in [1.82, 2.24) is 29.7 Å². The lowest BCUT2D eigenvalue weighted by Crippen LogP contribution is -2.26. The predicted molar refractivity (Wildman–Crippen MR) is 136 cm³/mol. The molecule has 1 amide bonds. The molecule has 1 saturated heterocycles. The summed E-state index contributed by atoms with van der Waals surface area (Å²) in [7, 11) is 1.60. The van der Waals surface area contributed by atoms with Crippen molar-refractivity contribution in [2.45, 2.75) is 57.4 Å². The summed E-state index contributed by atoms with van der Waals surface area (Å²) >= 11 is 0. The van der Waals surface area contributed by atoms with E-state index in [1.165, 1.54) is 38.8 Å². The van der Waals surface area contributed by atoms with Crippen LogP contribution in [0.15, 0.2) is 30.7 Å². The number of benzene rings is 1.